The van der Waals surface area contributed by atoms with Gasteiger partial charge in [0.1, 0.15) is 17.5 Å². The Morgan fingerprint density at radius 2 is 1.92 bits per heavy atom. The van der Waals surface area contributed by atoms with Crippen molar-refractivity contribution in [3.63, 3.8) is 0 Å². The lowest BCUT2D eigenvalue weighted by molar-refractivity contribution is -0.274. The highest BCUT2D eigenvalue weighted by Crippen LogP contribution is 2.22. The second-order valence-electron chi connectivity index (χ2n) is 4.74. The largest absolute Gasteiger partial charge is 0.573 e. The van der Waals surface area contributed by atoms with Gasteiger partial charge in [-0.25, -0.2) is 4.98 Å². The Balaban J connectivity index is 1.83. The number of nitriles is 1. The van der Waals surface area contributed by atoms with Crippen molar-refractivity contribution in [2.24, 2.45) is 0 Å². The Morgan fingerprint density at radius 1 is 1.21 bits per heavy atom. The van der Waals surface area contributed by atoms with Crippen LogP contribution in [0.25, 0.3) is 0 Å². The summed E-state index contributed by atoms with van der Waals surface area (Å²) in [7, 11) is 0. The van der Waals surface area contributed by atoms with E-state index in [1.54, 1.807) is 0 Å². The summed E-state index contributed by atoms with van der Waals surface area (Å²) >= 11 is 0. The summed E-state index contributed by atoms with van der Waals surface area (Å²) in [5, 5.41) is 11.3. The minimum Gasteiger partial charge on any atom is -0.406 e. The van der Waals surface area contributed by atoms with Gasteiger partial charge in [0.05, 0.1) is 5.56 Å². The van der Waals surface area contributed by atoms with Gasteiger partial charge in [-0.3, -0.25) is 4.79 Å². The van der Waals surface area contributed by atoms with Crippen molar-refractivity contribution < 1.29 is 22.7 Å². The summed E-state index contributed by atoms with van der Waals surface area (Å²) in [4.78, 5) is 15.7. The number of nitrogens with zero attached hydrogens (tertiary/aromatic N) is 2. The number of rotatable bonds is 5. The van der Waals surface area contributed by atoms with Crippen LogP contribution >= 0.6 is 0 Å². The van der Waals surface area contributed by atoms with E-state index in [0.717, 1.165) is 5.56 Å². The predicted octanol–water partition coefficient (Wildman–Crippen LogP) is 2.82. The van der Waals surface area contributed by atoms with Crippen LogP contribution in [-0.2, 0) is 6.42 Å². The number of benzene rings is 1. The Hall–Kier alpha value is -3.08. The Morgan fingerprint density at radius 3 is 2.46 bits per heavy atom. The van der Waals surface area contributed by atoms with Crippen molar-refractivity contribution in [1.29, 1.82) is 5.26 Å². The van der Waals surface area contributed by atoms with Crippen molar-refractivity contribution in [3.8, 4) is 11.8 Å². The summed E-state index contributed by atoms with van der Waals surface area (Å²) in [6.45, 7) is 0.292. The molecule has 0 unspecified atom stereocenters. The summed E-state index contributed by atoms with van der Waals surface area (Å²) in [6, 6.07) is 10.2. The summed E-state index contributed by atoms with van der Waals surface area (Å²) in [6.07, 6.45) is -2.98. The molecule has 0 aliphatic rings. The minimum absolute atomic E-state index is 0.183. The first-order valence-electron chi connectivity index (χ1n) is 6.86. The number of nitrogens with one attached hydrogen (secondary N) is 1. The molecule has 0 bridgehead atoms. The predicted molar refractivity (Wildman–Crippen MR) is 78.1 cm³/mol. The van der Waals surface area contributed by atoms with Crippen LogP contribution in [0.3, 0.4) is 0 Å². The number of hydrogen-bond donors (Lipinski definition) is 1. The molecule has 0 spiro atoms. The highest BCUT2D eigenvalue weighted by atomic mass is 19.4. The first-order valence-corrected chi connectivity index (χ1v) is 6.86. The zero-order valence-corrected chi connectivity index (χ0v) is 12.3. The highest BCUT2D eigenvalue weighted by Gasteiger charge is 2.30. The first-order chi connectivity index (χ1) is 11.4. The Kier molecular flexibility index (Phi) is 5.37. The van der Waals surface area contributed by atoms with Crippen LogP contribution in [0, 0.1) is 11.3 Å². The quantitative estimate of drug-likeness (QED) is 0.912. The van der Waals surface area contributed by atoms with Crippen molar-refractivity contribution in [1.82, 2.24) is 10.3 Å². The lowest BCUT2D eigenvalue weighted by atomic mass is 10.1. The summed E-state index contributed by atoms with van der Waals surface area (Å²) in [5.41, 5.74) is 1.29. The molecule has 0 fully saturated rings. The topological polar surface area (TPSA) is 75.0 Å². The van der Waals surface area contributed by atoms with E-state index in [4.69, 9.17) is 5.26 Å². The number of alkyl halides is 3. The molecule has 1 aromatic carbocycles. The molecule has 1 aromatic heterocycles. The minimum atomic E-state index is -4.72. The van der Waals surface area contributed by atoms with E-state index in [2.05, 4.69) is 15.0 Å². The van der Waals surface area contributed by atoms with E-state index >= 15 is 0 Å². The molecule has 2 aromatic rings. The molecule has 5 nitrogen and oxygen atoms in total. The van der Waals surface area contributed by atoms with Gasteiger partial charge in [-0.1, -0.05) is 12.1 Å². The van der Waals surface area contributed by atoms with Gasteiger partial charge in [0.25, 0.3) is 5.91 Å². The molecule has 1 heterocycles. The van der Waals surface area contributed by atoms with Gasteiger partial charge in [-0.2, -0.15) is 5.26 Å². The maximum atomic E-state index is 12.0. The van der Waals surface area contributed by atoms with Gasteiger partial charge < -0.3 is 10.1 Å². The molecule has 0 aliphatic heterocycles. The van der Waals surface area contributed by atoms with E-state index in [1.807, 2.05) is 6.07 Å². The molecule has 0 saturated heterocycles. The maximum Gasteiger partial charge on any atom is 0.573 e. The van der Waals surface area contributed by atoms with Gasteiger partial charge in [0, 0.05) is 12.7 Å². The number of halogens is 3. The molecule has 2 rings (SSSR count). The van der Waals surface area contributed by atoms with Crippen molar-refractivity contribution in [2.75, 3.05) is 6.54 Å². The van der Waals surface area contributed by atoms with Crippen molar-refractivity contribution >= 4 is 5.91 Å². The van der Waals surface area contributed by atoms with Gasteiger partial charge >= 0.3 is 6.36 Å². The van der Waals surface area contributed by atoms with E-state index in [1.165, 1.54) is 42.6 Å². The van der Waals surface area contributed by atoms with Gasteiger partial charge in [0.2, 0.25) is 0 Å². The number of carbonyl (C=O) groups is 1. The molecule has 1 N–H and O–H groups in total. The number of pyridine rings is 1. The van der Waals surface area contributed by atoms with Crippen LogP contribution in [0.15, 0.2) is 42.6 Å². The van der Waals surface area contributed by atoms with Crippen LogP contribution in [-0.4, -0.2) is 23.8 Å². The third kappa shape index (κ3) is 5.28. The van der Waals surface area contributed by atoms with Gasteiger partial charge in [0.15, 0.2) is 0 Å². The molecular formula is C16H12F3N3O2. The number of aromatic nitrogens is 1. The SMILES string of the molecule is N#Cc1ccc(C(=O)NCCc2ccc(OC(F)(F)F)cc2)nc1. The number of ether oxygens (including phenoxy) is 1. The van der Waals surface area contributed by atoms with E-state index in [0.29, 0.717) is 18.5 Å². The monoisotopic (exact) mass is 335 g/mol. The summed E-state index contributed by atoms with van der Waals surface area (Å²) in [5.74, 6) is -0.686. The smallest absolute Gasteiger partial charge is 0.406 e. The number of hydrogen-bond acceptors (Lipinski definition) is 4. The van der Waals surface area contributed by atoms with E-state index in [-0.39, 0.29) is 11.4 Å². The van der Waals surface area contributed by atoms with Crippen molar-refractivity contribution in [3.05, 3.63) is 59.4 Å². The summed E-state index contributed by atoms with van der Waals surface area (Å²) < 4.78 is 39.9. The molecule has 1 amide bonds. The van der Waals surface area contributed by atoms with Crippen LogP contribution in [0.1, 0.15) is 21.6 Å². The molecule has 0 saturated carbocycles. The van der Waals surface area contributed by atoms with Crippen LogP contribution < -0.4 is 10.1 Å². The standard InChI is InChI=1S/C16H12F3N3O2/c17-16(18,19)24-13-4-1-11(2-5-13)7-8-21-15(23)14-6-3-12(9-20)10-22-14/h1-6,10H,7-8H2,(H,21,23). The lowest BCUT2D eigenvalue weighted by Crippen LogP contribution is -2.26. The first kappa shape index (κ1) is 17.3. The second-order valence-corrected chi connectivity index (χ2v) is 4.74. The van der Waals surface area contributed by atoms with Crippen LogP contribution in [0.5, 0.6) is 5.75 Å². The fourth-order valence-corrected chi connectivity index (χ4v) is 1.86. The fraction of sp³-hybridized carbons (Fsp3) is 0.188. The molecular weight excluding hydrogens is 323 g/mol. The molecule has 0 aliphatic carbocycles. The average Bonchev–Trinajstić information content (AvgIpc) is 2.55. The molecule has 0 radical (unpaired) electrons. The molecule has 24 heavy (non-hydrogen) atoms. The Labute approximate surface area is 135 Å². The average molecular weight is 335 g/mol. The van der Waals surface area contributed by atoms with Crippen LogP contribution in [0.4, 0.5) is 13.2 Å². The van der Waals surface area contributed by atoms with Gasteiger partial charge in [-0.05, 0) is 36.2 Å². The molecule has 8 heteroatoms. The van der Waals surface area contributed by atoms with Crippen molar-refractivity contribution in [2.45, 2.75) is 12.8 Å². The maximum absolute atomic E-state index is 12.0. The molecule has 0 atom stereocenters. The number of amides is 1. The third-order valence-corrected chi connectivity index (χ3v) is 2.98. The fourth-order valence-electron chi connectivity index (χ4n) is 1.86. The Bertz CT molecular complexity index is 735. The highest BCUT2D eigenvalue weighted by molar-refractivity contribution is 5.92. The van der Waals surface area contributed by atoms with Gasteiger partial charge in [-0.15, -0.1) is 13.2 Å². The second kappa shape index (κ2) is 7.46. The third-order valence-electron chi connectivity index (χ3n) is 2.98. The number of carbonyl (C=O) groups excluding carboxylic acids is 1. The van der Waals surface area contributed by atoms with Crippen LogP contribution in [0.2, 0.25) is 0 Å². The van der Waals surface area contributed by atoms with E-state index < -0.39 is 12.3 Å². The lowest BCUT2D eigenvalue weighted by Gasteiger charge is -2.09. The normalized spacial score (nSPS) is 10.8. The van der Waals surface area contributed by atoms with E-state index in [9.17, 15) is 18.0 Å². The zero-order chi connectivity index (χ0) is 17.6. The zero-order valence-electron chi connectivity index (χ0n) is 12.3. The molecule has 124 valence electrons.